The van der Waals surface area contributed by atoms with Gasteiger partial charge < -0.3 is 19.5 Å². The molecule has 0 fully saturated rings. The molecular weight excluding hydrogens is 358 g/mol. The molecule has 1 N–H and O–H groups in total. The molecule has 0 saturated heterocycles. The predicted molar refractivity (Wildman–Crippen MR) is 97.3 cm³/mol. The summed E-state index contributed by atoms with van der Waals surface area (Å²) in [6.45, 7) is 1.45. The number of hydrogen-bond acceptors (Lipinski definition) is 5. The van der Waals surface area contributed by atoms with Gasteiger partial charge in [-0.05, 0) is 31.2 Å². The molecule has 1 amide bonds. The molecule has 0 aliphatic carbocycles. The summed E-state index contributed by atoms with van der Waals surface area (Å²) in [5.41, 5.74) is 0.825. The molecule has 1 atom stereocenters. The molecule has 0 aliphatic heterocycles. The van der Waals surface area contributed by atoms with Gasteiger partial charge in [0.05, 0.1) is 7.11 Å². The lowest BCUT2D eigenvalue weighted by Gasteiger charge is -2.15. The first-order valence-electron chi connectivity index (χ1n) is 7.97. The van der Waals surface area contributed by atoms with Gasteiger partial charge in [0, 0.05) is 17.1 Å². The van der Waals surface area contributed by atoms with Crippen molar-refractivity contribution in [2.24, 2.45) is 0 Å². The highest BCUT2D eigenvalue weighted by Crippen LogP contribution is 2.17. The largest absolute Gasteiger partial charge is 0.496 e. The fourth-order valence-electron chi connectivity index (χ4n) is 2.16. The lowest BCUT2D eigenvalue weighted by atomic mass is 10.2. The lowest BCUT2D eigenvalue weighted by Crippen LogP contribution is -2.36. The molecule has 0 aromatic heterocycles. The van der Waals surface area contributed by atoms with Crippen molar-refractivity contribution in [3.05, 3.63) is 59.1 Å². The van der Waals surface area contributed by atoms with E-state index in [1.807, 2.05) is 18.2 Å². The minimum absolute atomic E-state index is 0.268. The van der Waals surface area contributed by atoms with Crippen LogP contribution in [0.5, 0.6) is 11.5 Å². The standard InChI is InChI=1S/C19H20ClNO5/c1-13(19(23)21-11-14-6-3-4-9-17(14)24-2)26-18(22)12-25-16-8-5-7-15(20)10-16/h3-10,13H,11-12H2,1-2H3,(H,21,23)/t13-/m1/s1. The van der Waals surface area contributed by atoms with Crippen LogP contribution in [0.15, 0.2) is 48.5 Å². The highest BCUT2D eigenvalue weighted by Gasteiger charge is 2.18. The zero-order chi connectivity index (χ0) is 18.9. The van der Waals surface area contributed by atoms with E-state index in [1.54, 1.807) is 37.4 Å². The molecule has 0 aliphatic rings. The first kappa shape index (κ1) is 19.6. The van der Waals surface area contributed by atoms with Gasteiger partial charge >= 0.3 is 5.97 Å². The molecule has 2 aromatic carbocycles. The number of amides is 1. The Hall–Kier alpha value is -2.73. The Balaban J connectivity index is 1.78. The van der Waals surface area contributed by atoms with Crippen molar-refractivity contribution in [2.75, 3.05) is 13.7 Å². The van der Waals surface area contributed by atoms with Crippen molar-refractivity contribution >= 4 is 23.5 Å². The van der Waals surface area contributed by atoms with E-state index in [2.05, 4.69) is 5.32 Å². The van der Waals surface area contributed by atoms with Gasteiger partial charge in [-0.15, -0.1) is 0 Å². The number of hydrogen-bond donors (Lipinski definition) is 1. The molecule has 2 aromatic rings. The Morgan fingerprint density at radius 1 is 1.15 bits per heavy atom. The third-order valence-corrected chi connectivity index (χ3v) is 3.71. The topological polar surface area (TPSA) is 73.9 Å². The van der Waals surface area contributed by atoms with E-state index in [-0.39, 0.29) is 13.2 Å². The van der Waals surface area contributed by atoms with E-state index in [0.717, 1.165) is 5.56 Å². The van der Waals surface area contributed by atoms with Crippen molar-refractivity contribution in [1.29, 1.82) is 0 Å². The third-order valence-electron chi connectivity index (χ3n) is 3.48. The Morgan fingerprint density at radius 3 is 2.65 bits per heavy atom. The predicted octanol–water partition coefficient (Wildman–Crippen LogP) is 2.98. The van der Waals surface area contributed by atoms with E-state index < -0.39 is 18.0 Å². The molecule has 0 unspecified atom stereocenters. The number of rotatable bonds is 8. The summed E-state index contributed by atoms with van der Waals surface area (Å²) in [6.07, 6.45) is -0.944. The number of ether oxygens (including phenoxy) is 3. The normalized spacial score (nSPS) is 11.3. The van der Waals surface area contributed by atoms with Gasteiger partial charge in [0.2, 0.25) is 0 Å². The first-order chi connectivity index (χ1) is 12.5. The van der Waals surface area contributed by atoms with Crippen LogP contribution >= 0.6 is 11.6 Å². The molecule has 2 rings (SSSR count). The number of halogens is 1. The average Bonchev–Trinajstić information content (AvgIpc) is 2.64. The number of nitrogens with one attached hydrogen (secondary N) is 1. The molecule has 0 saturated carbocycles. The van der Waals surface area contributed by atoms with Gasteiger partial charge in [-0.1, -0.05) is 35.9 Å². The molecule has 6 nitrogen and oxygen atoms in total. The van der Waals surface area contributed by atoms with Crippen molar-refractivity contribution < 1.29 is 23.8 Å². The first-order valence-corrected chi connectivity index (χ1v) is 8.35. The van der Waals surface area contributed by atoms with Crippen molar-refractivity contribution in [1.82, 2.24) is 5.32 Å². The molecule has 0 heterocycles. The van der Waals surface area contributed by atoms with Gasteiger partial charge in [-0.3, -0.25) is 4.79 Å². The number of para-hydroxylation sites is 1. The molecule has 26 heavy (non-hydrogen) atoms. The molecule has 0 bridgehead atoms. The minimum atomic E-state index is -0.944. The monoisotopic (exact) mass is 377 g/mol. The smallest absolute Gasteiger partial charge is 0.344 e. The van der Waals surface area contributed by atoms with E-state index >= 15 is 0 Å². The van der Waals surface area contributed by atoms with Crippen LogP contribution in [0.3, 0.4) is 0 Å². The Morgan fingerprint density at radius 2 is 1.92 bits per heavy atom. The summed E-state index contributed by atoms with van der Waals surface area (Å²) >= 11 is 5.83. The van der Waals surface area contributed by atoms with Crippen LogP contribution in [0.2, 0.25) is 5.02 Å². The maximum absolute atomic E-state index is 12.1. The summed E-state index contributed by atoms with van der Waals surface area (Å²) in [6, 6.07) is 14.0. The quantitative estimate of drug-likeness (QED) is 0.716. The van der Waals surface area contributed by atoms with E-state index in [1.165, 1.54) is 6.92 Å². The second-order valence-corrected chi connectivity index (χ2v) is 5.84. The number of methoxy groups -OCH3 is 1. The van der Waals surface area contributed by atoms with Crippen LogP contribution in [0.1, 0.15) is 12.5 Å². The fourth-order valence-corrected chi connectivity index (χ4v) is 2.34. The Bertz CT molecular complexity index is 765. The second-order valence-electron chi connectivity index (χ2n) is 5.41. The zero-order valence-corrected chi connectivity index (χ0v) is 15.3. The highest BCUT2D eigenvalue weighted by molar-refractivity contribution is 6.30. The molecule has 0 radical (unpaired) electrons. The number of benzene rings is 2. The van der Waals surface area contributed by atoms with Crippen molar-refractivity contribution in [2.45, 2.75) is 19.6 Å². The molecule has 7 heteroatoms. The van der Waals surface area contributed by atoms with E-state index in [4.69, 9.17) is 25.8 Å². The molecular formula is C19H20ClNO5. The average molecular weight is 378 g/mol. The van der Waals surface area contributed by atoms with Crippen LogP contribution in [0, 0.1) is 0 Å². The van der Waals surface area contributed by atoms with Crippen LogP contribution in [0.4, 0.5) is 0 Å². The Kier molecular flexibility index (Phi) is 7.29. The van der Waals surface area contributed by atoms with Crippen molar-refractivity contribution in [3.8, 4) is 11.5 Å². The summed E-state index contributed by atoms with van der Waals surface area (Å²) in [5, 5.41) is 3.21. The highest BCUT2D eigenvalue weighted by atomic mass is 35.5. The lowest BCUT2D eigenvalue weighted by molar-refractivity contribution is -0.156. The van der Waals surface area contributed by atoms with Crippen LogP contribution < -0.4 is 14.8 Å². The SMILES string of the molecule is COc1ccccc1CNC(=O)[C@@H](C)OC(=O)COc1cccc(Cl)c1. The van der Waals surface area contributed by atoms with Gasteiger partial charge in [0.25, 0.3) is 5.91 Å². The fraction of sp³-hybridized carbons (Fsp3) is 0.263. The number of carbonyl (C=O) groups excluding carboxylic acids is 2. The third kappa shape index (κ3) is 5.97. The summed E-state index contributed by atoms with van der Waals surface area (Å²) < 4.78 is 15.6. The van der Waals surface area contributed by atoms with Crippen molar-refractivity contribution in [3.63, 3.8) is 0 Å². The van der Waals surface area contributed by atoms with Crippen LogP contribution in [-0.4, -0.2) is 31.7 Å². The summed E-state index contributed by atoms with van der Waals surface area (Å²) in [7, 11) is 1.56. The molecule has 138 valence electrons. The maximum atomic E-state index is 12.1. The Labute approximate surface area is 157 Å². The second kappa shape index (κ2) is 9.68. The number of carbonyl (C=O) groups is 2. The number of esters is 1. The van der Waals surface area contributed by atoms with Gasteiger partial charge in [0.1, 0.15) is 11.5 Å². The van der Waals surface area contributed by atoms with Gasteiger partial charge in [0.15, 0.2) is 12.7 Å². The van der Waals surface area contributed by atoms with E-state index in [0.29, 0.717) is 16.5 Å². The van der Waals surface area contributed by atoms with E-state index in [9.17, 15) is 9.59 Å². The zero-order valence-electron chi connectivity index (χ0n) is 14.5. The van der Waals surface area contributed by atoms with Crippen LogP contribution in [0.25, 0.3) is 0 Å². The van der Waals surface area contributed by atoms with Gasteiger partial charge in [-0.25, -0.2) is 4.79 Å². The minimum Gasteiger partial charge on any atom is -0.496 e. The summed E-state index contributed by atoms with van der Waals surface area (Å²) in [4.78, 5) is 23.9. The summed E-state index contributed by atoms with van der Waals surface area (Å²) in [5.74, 6) is 0.0621. The van der Waals surface area contributed by atoms with Gasteiger partial charge in [-0.2, -0.15) is 0 Å². The maximum Gasteiger partial charge on any atom is 0.344 e. The van der Waals surface area contributed by atoms with Crippen LogP contribution in [-0.2, 0) is 20.9 Å². The molecule has 0 spiro atoms.